The van der Waals surface area contributed by atoms with Gasteiger partial charge < -0.3 is 10.2 Å². The van der Waals surface area contributed by atoms with Gasteiger partial charge in [0.05, 0.1) is 12.7 Å². The molecular weight excluding hydrogens is 272 g/mol. The second kappa shape index (κ2) is 4.60. The minimum absolute atomic E-state index is 0.128. The summed E-state index contributed by atoms with van der Waals surface area (Å²) in [7, 11) is 0. The molecule has 0 heterocycles. The molecule has 0 aromatic heterocycles. The number of rotatable bonds is 1. The van der Waals surface area contributed by atoms with Crippen LogP contribution in [0, 0.1) is 34.0 Å². The summed E-state index contributed by atoms with van der Waals surface area (Å²) in [4.78, 5) is 0. The Labute approximate surface area is 135 Å². The molecular formula is C20H32O2. The highest BCUT2D eigenvalue weighted by molar-refractivity contribution is 5.22. The summed E-state index contributed by atoms with van der Waals surface area (Å²) >= 11 is 0. The van der Waals surface area contributed by atoms with E-state index in [2.05, 4.69) is 20.4 Å². The van der Waals surface area contributed by atoms with Crippen LogP contribution < -0.4 is 0 Å². The van der Waals surface area contributed by atoms with E-state index in [0.29, 0.717) is 16.7 Å². The van der Waals surface area contributed by atoms with Gasteiger partial charge in [-0.15, -0.1) is 0 Å². The molecule has 7 atom stereocenters. The zero-order valence-corrected chi connectivity index (χ0v) is 14.3. The highest BCUT2D eigenvalue weighted by Crippen LogP contribution is 2.72. The number of aliphatic hydroxyl groups excluding tert-OH is 2. The van der Waals surface area contributed by atoms with Crippen molar-refractivity contribution in [3.63, 3.8) is 0 Å². The fraction of sp³-hybridized carbons (Fsp3) is 0.900. The summed E-state index contributed by atoms with van der Waals surface area (Å²) in [5, 5.41) is 20.6. The molecule has 2 bridgehead atoms. The maximum Gasteiger partial charge on any atom is 0.0618 e. The van der Waals surface area contributed by atoms with Gasteiger partial charge in [0, 0.05) is 5.41 Å². The molecule has 2 heteroatoms. The van der Waals surface area contributed by atoms with Crippen molar-refractivity contribution in [3.05, 3.63) is 12.2 Å². The lowest BCUT2D eigenvalue weighted by molar-refractivity contribution is -0.197. The Morgan fingerprint density at radius 2 is 1.86 bits per heavy atom. The molecule has 4 fully saturated rings. The number of hydrogen-bond donors (Lipinski definition) is 2. The van der Waals surface area contributed by atoms with E-state index in [1.54, 1.807) is 0 Å². The fourth-order valence-electron chi connectivity index (χ4n) is 7.60. The van der Waals surface area contributed by atoms with Crippen LogP contribution in [0.4, 0.5) is 0 Å². The Kier molecular flexibility index (Phi) is 3.18. The van der Waals surface area contributed by atoms with Crippen LogP contribution >= 0.6 is 0 Å². The van der Waals surface area contributed by atoms with Gasteiger partial charge in [-0.05, 0) is 80.0 Å². The molecule has 0 aromatic carbocycles. The Balaban J connectivity index is 1.74. The predicted octanol–water partition coefficient (Wildman–Crippen LogP) is 3.92. The van der Waals surface area contributed by atoms with Crippen molar-refractivity contribution < 1.29 is 10.2 Å². The minimum Gasteiger partial charge on any atom is -0.396 e. The standard InChI is InChI=1S/C20H32O2/c1-13-10-20-9-6-15-18(2,16(20)5-4-14(13)11-20)8-7-17(22)19(15,3)12-21/h14-17,21-22H,1,4-12H2,2-3H3/t14-,15+,16+,17+,18-,19-,20-/m1/s1. The van der Waals surface area contributed by atoms with Crippen molar-refractivity contribution in [1.82, 2.24) is 0 Å². The van der Waals surface area contributed by atoms with E-state index < -0.39 is 0 Å². The van der Waals surface area contributed by atoms with E-state index >= 15 is 0 Å². The second-order valence-corrected chi connectivity index (χ2v) is 9.54. The number of aliphatic hydroxyl groups is 2. The first kappa shape index (κ1) is 15.2. The maximum absolute atomic E-state index is 10.6. The van der Waals surface area contributed by atoms with Gasteiger partial charge in [0.2, 0.25) is 0 Å². The summed E-state index contributed by atoms with van der Waals surface area (Å²) in [5.74, 6) is 2.03. The van der Waals surface area contributed by atoms with Crippen molar-refractivity contribution in [2.45, 2.75) is 71.3 Å². The monoisotopic (exact) mass is 304 g/mol. The van der Waals surface area contributed by atoms with Crippen LogP contribution in [0.2, 0.25) is 0 Å². The van der Waals surface area contributed by atoms with E-state index in [-0.39, 0.29) is 18.1 Å². The molecule has 0 aromatic rings. The van der Waals surface area contributed by atoms with Gasteiger partial charge in [0.25, 0.3) is 0 Å². The van der Waals surface area contributed by atoms with Crippen LogP contribution in [0.15, 0.2) is 12.2 Å². The third-order valence-corrected chi connectivity index (χ3v) is 8.73. The van der Waals surface area contributed by atoms with Crippen molar-refractivity contribution in [1.29, 1.82) is 0 Å². The normalized spacial score (nSPS) is 57.4. The predicted molar refractivity (Wildman–Crippen MR) is 88.3 cm³/mol. The molecule has 4 aliphatic rings. The fourth-order valence-corrected chi connectivity index (χ4v) is 7.60. The maximum atomic E-state index is 10.6. The van der Waals surface area contributed by atoms with Crippen molar-refractivity contribution >= 4 is 0 Å². The van der Waals surface area contributed by atoms with Crippen molar-refractivity contribution in [3.8, 4) is 0 Å². The SMILES string of the molecule is C=C1C[C@@]23CC[C@H]4[C@@](C)(CC[C@H](O)[C@]4(C)CO)[C@@H]2CC[C@@H]1C3. The van der Waals surface area contributed by atoms with Crippen LogP contribution in [0.1, 0.15) is 65.2 Å². The molecule has 124 valence electrons. The van der Waals surface area contributed by atoms with Crippen molar-refractivity contribution in [2.75, 3.05) is 6.61 Å². The lowest BCUT2D eigenvalue weighted by Gasteiger charge is -2.65. The van der Waals surface area contributed by atoms with Crippen molar-refractivity contribution in [2.24, 2.45) is 34.0 Å². The topological polar surface area (TPSA) is 40.5 Å². The molecule has 22 heavy (non-hydrogen) atoms. The number of fused-ring (bicyclic) bond motifs is 3. The van der Waals surface area contributed by atoms with Crippen LogP contribution in [-0.4, -0.2) is 22.9 Å². The van der Waals surface area contributed by atoms with Gasteiger partial charge in [-0.2, -0.15) is 0 Å². The summed E-state index contributed by atoms with van der Waals surface area (Å²) in [5.41, 5.74) is 2.01. The van der Waals surface area contributed by atoms with Gasteiger partial charge in [-0.25, -0.2) is 0 Å². The van der Waals surface area contributed by atoms with Gasteiger partial charge in [-0.1, -0.05) is 26.0 Å². The minimum atomic E-state index is -0.334. The van der Waals surface area contributed by atoms with Gasteiger partial charge in [0.15, 0.2) is 0 Å². The smallest absolute Gasteiger partial charge is 0.0618 e. The molecule has 4 aliphatic carbocycles. The Morgan fingerprint density at radius 3 is 2.59 bits per heavy atom. The molecule has 0 aliphatic heterocycles. The zero-order valence-electron chi connectivity index (χ0n) is 14.3. The average Bonchev–Trinajstić information content (AvgIpc) is 2.73. The summed E-state index contributed by atoms with van der Waals surface area (Å²) in [6.45, 7) is 9.14. The summed E-state index contributed by atoms with van der Waals surface area (Å²) < 4.78 is 0. The summed E-state index contributed by atoms with van der Waals surface area (Å²) in [6.07, 6.45) is 9.43. The molecule has 0 amide bonds. The first-order valence-corrected chi connectivity index (χ1v) is 9.32. The second-order valence-electron chi connectivity index (χ2n) is 9.54. The first-order chi connectivity index (χ1) is 10.4. The molecule has 0 unspecified atom stereocenters. The van der Waals surface area contributed by atoms with E-state index in [1.807, 2.05) is 0 Å². The molecule has 0 saturated heterocycles. The number of hydrogen-bond acceptors (Lipinski definition) is 2. The highest BCUT2D eigenvalue weighted by atomic mass is 16.3. The molecule has 0 radical (unpaired) electrons. The largest absolute Gasteiger partial charge is 0.396 e. The molecule has 2 N–H and O–H groups in total. The van der Waals surface area contributed by atoms with E-state index in [1.165, 1.54) is 44.1 Å². The Bertz CT molecular complexity index is 500. The Morgan fingerprint density at radius 1 is 1.09 bits per heavy atom. The van der Waals surface area contributed by atoms with Gasteiger partial charge >= 0.3 is 0 Å². The molecule has 4 saturated carbocycles. The van der Waals surface area contributed by atoms with Crippen LogP contribution in [0.25, 0.3) is 0 Å². The Hall–Kier alpha value is -0.340. The lowest BCUT2D eigenvalue weighted by atomic mass is 9.40. The number of allylic oxidation sites excluding steroid dienone is 1. The van der Waals surface area contributed by atoms with Crippen LogP contribution in [-0.2, 0) is 0 Å². The van der Waals surface area contributed by atoms with Crippen LogP contribution in [0.5, 0.6) is 0 Å². The van der Waals surface area contributed by atoms with Crippen LogP contribution in [0.3, 0.4) is 0 Å². The zero-order chi connectivity index (χ0) is 15.8. The van der Waals surface area contributed by atoms with Gasteiger partial charge in [-0.3, -0.25) is 0 Å². The highest BCUT2D eigenvalue weighted by Gasteiger charge is 2.65. The van der Waals surface area contributed by atoms with E-state index in [0.717, 1.165) is 24.7 Å². The quantitative estimate of drug-likeness (QED) is 0.721. The third-order valence-electron chi connectivity index (χ3n) is 8.73. The van der Waals surface area contributed by atoms with E-state index in [9.17, 15) is 10.2 Å². The van der Waals surface area contributed by atoms with Gasteiger partial charge in [0.1, 0.15) is 0 Å². The molecule has 4 rings (SSSR count). The average molecular weight is 304 g/mol. The lowest BCUT2D eigenvalue weighted by Crippen LogP contribution is -2.61. The van der Waals surface area contributed by atoms with E-state index in [4.69, 9.17) is 0 Å². The molecule has 1 spiro atoms. The summed E-state index contributed by atoms with van der Waals surface area (Å²) in [6, 6.07) is 0. The molecule has 2 nitrogen and oxygen atoms in total. The third kappa shape index (κ3) is 1.69. The first-order valence-electron chi connectivity index (χ1n) is 9.32.